The molecule has 4 N–H and O–H groups in total. The van der Waals surface area contributed by atoms with Crippen molar-refractivity contribution in [3.05, 3.63) is 71.4 Å². The maximum atomic E-state index is 13.8. The average Bonchev–Trinajstić information content (AvgIpc) is 3.54. The van der Waals surface area contributed by atoms with Crippen LogP contribution in [0.1, 0.15) is 59.6 Å². The molecule has 1 saturated heterocycles. The molecule has 37 heavy (non-hydrogen) atoms. The number of carboxylic acids is 1. The van der Waals surface area contributed by atoms with E-state index < -0.39 is 12.0 Å². The van der Waals surface area contributed by atoms with Gasteiger partial charge < -0.3 is 20.7 Å². The number of halogens is 1. The van der Waals surface area contributed by atoms with Gasteiger partial charge in [0.15, 0.2) is 5.78 Å². The molecular formula is C29H34ClN3O4. The predicted molar refractivity (Wildman–Crippen MR) is 145 cm³/mol. The second kappa shape index (κ2) is 11.5. The highest BCUT2D eigenvalue weighted by Crippen LogP contribution is 2.38. The summed E-state index contributed by atoms with van der Waals surface area (Å²) < 4.78 is 0. The number of nitrogens with zero attached hydrogens (tertiary/aromatic N) is 1. The predicted octanol–water partition coefficient (Wildman–Crippen LogP) is 4.55. The molecule has 5 rings (SSSR count). The van der Waals surface area contributed by atoms with E-state index in [9.17, 15) is 19.5 Å². The lowest BCUT2D eigenvalue weighted by Gasteiger charge is -2.33. The van der Waals surface area contributed by atoms with E-state index in [2.05, 4.69) is 4.98 Å². The summed E-state index contributed by atoms with van der Waals surface area (Å²) in [6, 6.07) is 16.6. The van der Waals surface area contributed by atoms with E-state index in [0.717, 1.165) is 54.1 Å². The second-order valence-corrected chi connectivity index (χ2v) is 10.3. The lowest BCUT2D eigenvalue weighted by molar-refractivity contribution is -0.142. The number of fused-ring (bicyclic) bond motifs is 1. The van der Waals surface area contributed by atoms with Gasteiger partial charge in [0.1, 0.15) is 5.69 Å². The van der Waals surface area contributed by atoms with E-state index in [1.165, 1.54) is 0 Å². The number of aromatic carboxylic acids is 1. The number of benzene rings is 2. The Morgan fingerprint density at radius 2 is 1.70 bits per heavy atom. The average molecular weight is 524 g/mol. The molecule has 2 fully saturated rings. The van der Waals surface area contributed by atoms with Crippen LogP contribution in [0.25, 0.3) is 10.9 Å². The van der Waals surface area contributed by atoms with Gasteiger partial charge in [0.25, 0.3) is 0 Å². The monoisotopic (exact) mass is 523 g/mol. The third-order valence-electron chi connectivity index (χ3n) is 8.06. The number of carbonyl (C=O) groups is 3. The molecular weight excluding hydrogens is 490 g/mol. The van der Waals surface area contributed by atoms with Gasteiger partial charge in [-0.05, 0) is 73.9 Å². The normalized spacial score (nSPS) is 23.5. The van der Waals surface area contributed by atoms with Gasteiger partial charge in [0.05, 0.1) is 6.04 Å². The number of aromatic nitrogens is 1. The molecule has 2 atom stereocenters. The molecule has 1 aliphatic carbocycles. The largest absolute Gasteiger partial charge is 0.477 e. The van der Waals surface area contributed by atoms with Crippen LogP contribution in [0.3, 0.4) is 0 Å². The number of likely N-dealkylation sites (tertiary alicyclic amines) is 1. The van der Waals surface area contributed by atoms with Crippen LogP contribution in [0.15, 0.2) is 54.6 Å². The molecule has 0 spiro atoms. The smallest absolute Gasteiger partial charge is 0.352 e. The summed E-state index contributed by atoms with van der Waals surface area (Å²) in [5.41, 5.74) is 8.59. The molecule has 196 valence electrons. The van der Waals surface area contributed by atoms with Gasteiger partial charge in [-0.3, -0.25) is 9.59 Å². The Labute approximate surface area is 222 Å². The number of aromatic amines is 1. The lowest BCUT2D eigenvalue weighted by atomic mass is 9.81. The van der Waals surface area contributed by atoms with Crippen molar-refractivity contribution in [3.8, 4) is 0 Å². The van der Waals surface area contributed by atoms with Crippen molar-refractivity contribution in [2.24, 2.45) is 17.6 Å². The highest BCUT2D eigenvalue weighted by molar-refractivity contribution is 5.95. The summed E-state index contributed by atoms with van der Waals surface area (Å²) in [4.78, 5) is 43.5. The van der Waals surface area contributed by atoms with Crippen molar-refractivity contribution in [1.82, 2.24) is 9.88 Å². The van der Waals surface area contributed by atoms with E-state index in [-0.39, 0.29) is 48.0 Å². The standard InChI is InChI=1S/C29H33N3O4.ClH/c30-17-18-6-9-21(10-7-18)28(34)32-13-12-23(20-4-2-1-3-5-20)27(32)26(33)15-19-8-11-24-22(14-19)16-25(31-24)29(35)36;/h1-5,8,11,14,16,18,21,23,27,31H,6-7,9-10,12-13,15,17,30H2,(H,35,36);1H/t18?,21?,23-,27-;/m0./s1. The molecule has 0 radical (unpaired) electrons. The first-order chi connectivity index (χ1) is 17.4. The lowest BCUT2D eigenvalue weighted by Crippen LogP contribution is -2.46. The van der Waals surface area contributed by atoms with Crippen molar-refractivity contribution < 1.29 is 19.5 Å². The first kappa shape index (κ1) is 26.9. The first-order valence-electron chi connectivity index (χ1n) is 12.9. The zero-order valence-electron chi connectivity index (χ0n) is 20.8. The number of H-pyrrole nitrogens is 1. The topological polar surface area (TPSA) is 116 Å². The summed E-state index contributed by atoms with van der Waals surface area (Å²) in [5.74, 6) is -0.462. The number of nitrogens with one attached hydrogen (secondary N) is 1. The Kier molecular flexibility index (Phi) is 8.35. The van der Waals surface area contributed by atoms with Crippen LogP contribution >= 0.6 is 12.4 Å². The summed E-state index contributed by atoms with van der Waals surface area (Å²) >= 11 is 0. The van der Waals surface area contributed by atoms with Crippen LogP contribution in [0, 0.1) is 11.8 Å². The van der Waals surface area contributed by atoms with Gasteiger partial charge in [-0.1, -0.05) is 36.4 Å². The highest BCUT2D eigenvalue weighted by atomic mass is 35.5. The van der Waals surface area contributed by atoms with Crippen LogP contribution in [0.5, 0.6) is 0 Å². The van der Waals surface area contributed by atoms with Crippen LogP contribution < -0.4 is 5.73 Å². The van der Waals surface area contributed by atoms with Gasteiger partial charge in [-0.2, -0.15) is 0 Å². The fraction of sp³-hybridized carbons (Fsp3) is 0.414. The summed E-state index contributed by atoms with van der Waals surface area (Å²) in [6.07, 6.45) is 4.58. The van der Waals surface area contributed by atoms with E-state index in [4.69, 9.17) is 5.73 Å². The van der Waals surface area contributed by atoms with Crippen LogP contribution in [0.4, 0.5) is 0 Å². The van der Waals surface area contributed by atoms with Crippen LogP contribution in [-0.2, 0) is 16.0 Å². The molecule has 1 aliphatic heterocycles. The fourth-order valence-corrected chi connectivity index (χ4v) is 6.08. The molecule has 0 bridgehead atoms. The van der Waals surface area contributed by atoms with Crippen LogP contribution in [-0.4, -0.2) is 51.8 Å². The molecule has 0 unspecified atom stereocenters. The third kappa shape index (κ3) is 5.58. The van der Waals surface area contributed by atoms with E-state index in [1.807, 2.05) is 53.4 Å². The Bertz CT molecular complexity index is 1270. The van der Waals surface area contributed by atoms with Crippen molar-refractivity contribution in [2.75, 3.05) is 13.1 Å². The zero-order chi connectivity index (χ0) is 25.2. The molecule has 1 aromatic heterocycles. The minimum atomic E-state index is -1.02. The van der Waals surface area contributed by atoms with Crippen molar-refractivity contribution in [1.29, 1.82) is 0 Å². The number of carboxylic acid groups (broad SMARTS) is 1. The van der Waals surface area contributed by atoms with Gasteiger partial charge in [-0.15, -0.1) is 12.4 Å². The number of nitrogens with two attached hydrogens (primary N) is 1. The fourth-order valence-electron chi connectivity index (χ4n) is 6.08. The number of amides is 1. The summed E-state index contributed by atoms with van der Waals surface area (Å²) in [7, 11) is 0. The Morgan fingerprint density at radius 1 is 0.973 bits per heavy atom. The van der Waals surface area contributed by atoms with Gasteiger partial charge in [-0.25, -0.2) is 4.79 Å². The van der Waals surface area contributed by atoms with Gasteiger partial charge in [0, 0.05) is 35.7 Å². The highest BCUT2D eigenvalue weighted by Gasteiger charge is 2.44. The molecule has 1 amide bonds. The maximum Gasteiger partial charge on any atom is 0.352 e. The number of ketones is 1. The van der Waals surface area contributed by atoms with Crippen molar-refractivity contribution >= 4 is 41.0 Å². The van der Waals surface area contributed by atoms with E-state index in [0.29, 0.717) is 19.0 Å². The minimum absolute atomic E-state index is 0. The quantitative estimate of drug-likeness (QED) is 0.420. The van der Waals surface area contributed by atoms with E-state index in [1.54, 1.807) is 6.07 Å². The number of hydrogen-bond acceptors (Lipinski definition) is 4. The second-order valence-electron chi connectivity index (χ2n) is 10.3. The summed E-state index contributed by atoms with van der Waals surface area (Å²) in [6.45, 7) is 1.26. The Hall–Kier alpha value is -3.16. The molecule has 1 saturated carbocycles. The number of hydrogen-bond donors (Lipinski definition) is 3. The van der Waals surface area contributed by atoms with Crippen molar-refractivity contribution in [3.63, 3.8) is 0 Å². The molecule has 7 nitrogen and oxygen atoms in total. The Morgan fingerprint density at radius 3 is 2.38 bits per heavy atom. The minimum Gasteiger partial charge on any atom is -0.477 e. The summed E-state index contributed by atoms with van der Waals surface area (Å²) in [5, 5.41) is 10.0. The van der Waals surface area contributed by atoms with Gasteiger partial charge in [0.2, 0.25) is 5.91 Å². The third-order valence-corrected chi connectivity index (χ3v) is 8.06. The van der Waals surface area contributed by atoms with Crippen molar-refractivity contribution in [2.45, 2.75) is 50.5 Å². The van der Waals surface area contributed by atoms with Crippen LogP contribution in [0.2, 0.25) is 0 Å². The molecule has 2 aromatic carbocycles. The number of rotatable bonds is 7. The SMILES string of the molecule is Cl.NCC1CCC(C(=O)N2CC[C@@H](c3ccccc3)[C@H]2C(=O)Cc2ccc3[nH]c(C(=O)O)cc3c2)CC1. The number of carbonyl (C=O) groups excluding carboxylic acids is 2. The molecule has 3 aromatic rings. The molecule has 8 heteroatoms. The van der Waals surface area contributed by atoms with E-state index >= 15 is 0 Å². The first-order valence-corrected chi connectivity index (χ1v) is 12.9. The number of Topliss-reactive ketones (excluding diaryl/α,β-unsaturated/α-hetero) is 1. The zero-order valence-corrected chi connectivity index (χ0v) is 21.6. The van der Waals surface area contributed by atoms with Gasteiger partial charge >= 0.3 is 5.97 Å². The Balaban J connectivity index is 0.00000320. The molecule has 2 aliphatic rings. The maximum absolute atomic E-state index is 13.8. The molecule has 2 heterocycles.